The van der Waals surface area contributed by atoms with Crippen molar-refractivity contribution in [3.63, 3.8) is 0 Å². The monoisotopic (exact) mass is 320 g/mol. The number of rotatable bonds is 6. The lowest BCUT2D eigenvalue weighted by atomic mass is 10.1. The highest BCUT2D eigenvalue weighted by Gasteiger charge is 2.50. The number of hydrogen-bond acceptors (Lipinski definition) is 6. The molecular formula is C14H24O6S. The molecule has 1 rings (SSSR count). The lowest BCUT2D eigenvalue weighted by Gasteiger charge is -2.23. The fourth-order valence-corrected chi connectivity index (χ4v) is 3.85. The van der Waals surface area contributed by atoms with Gasteiger partial charge in [0.25, 0.3) is 0 Å². The van der Waals surface area contributed by atoms with Gasteiger partial charge >= 0.3 is 11.9 Å². The number of sulfone groups is 1. The van der Waals surface area contributed by atoms with Crippen LogP contribution in [0.1, 0.15) is 47.0 Å². The summed E-state index contributed by atoms with van der Waals surface area (Å²) in [5.41, 5.74) is -1.30. The lowest BCUT2D eigenvalue weighted by Crippen LogP contribution is -2.38. The zero-order chi connectivity index (χ0) is 16.5. The van der Waals surface area contributed by atoms with Gasteiger partial charge in [-0.05, 0) is 46.0 Å². The smallest absolute Gasteiger partial charge is 0.324 e. The Morgan fingerprint density at radius 1 is 1.24 bits per heavy atom. The van der Waals surface area contributed by atoms with Gasteiger partial charge in [-0.15, -0.1) is 0 Å². The van der Waals surface area contributed by atoms with Gasteiger partial charge in [0.05, 0.1) is 19.3 Å². The van der Waals surface area contributed by atoms with E-state index in [-0.39, 0.29) is 12.2 Å². The summed E-state index contributed by atoms with van der Waals surface area (Å²) in [5, 5.41) is -1.23. The first kappa shape index (κ1) is 17.9. The molecule has 21 heavy (non-hydrogen) atoms. The number of ether oxygens (including phenoxy) is 2. The average molecular weight is 320 g/mol. The van der Waals surface area contributed by atoms with E-state index >= 15 is 0 Å². The van der Waals surface area contributed by atoms with Crippen LogP contribution in [-0.2, 0) is 28.9 Å². The van der Waals surface area contributed by atoms with Crippen molar-refractivity contribution in [2.45, 2.75) is 57.8 Å². The molecule has 0 spiro atoms. The molecule has 1 fully saturated rings. The second-order valence-electron chi connectivity index (χ2n) is 6.74. The number of carbonyl (C=O) groups is 2. The summed E-state index contributed by atoms with van der Waals surface area (Å²) in [6.07, 6.45) is 1.38. The van der Waals surface area contributed by atoms with Gasteiger partial charge < -0.3 is 9.47 Å². The van der Waals surface area contributed by atoms with Crippen molar-refractivity contribution in [1.29, 1.82) is 0 Å². The predicted octanol–water partition coefficient (Wildman–Crippen LogP) is 1.47. The minimum atomic E-state index is -3.66. The van der Waals surface area contributed by atoms with Crippen molar-refractivity contribution in [3.8, 4) is 0 Å². The van der Waals surface area contributed by atoms with Crippen molar-refractivity contribution in [1.82, 2.24) is 0 Å². The van der Waals surface area contributed by atoms with E-state index in [0.29, 0.717) is 12.8 Å². The third kappa shape index (κ3) is 5.30. The highest BCUT2D eigenvalue weighted by molar-refractivity contribution is 7.92. The number of carbonyl (C=O) groups excluding carboxylic acids is 2. The molecule has 1 aliphatic rings. The quantitative estimate of drug-likeness (QED) is 0.689. The molecule has 0 aromatic heterocycles. The first-order valence-corrected chi connectivity index (χ1v) is 8.64. The summed E-state index contributed by atoms with van der Waals surface area (Å²) in [6, 6.07) is 0. The first-order chi connectivity index (χ1) is 9.41. The molecule has 1 atom stereocenters. The van der Waals surface area contributed by atoms with E-state index in [1.54, 1.807) is 20.8 Å². The van der Waals surface area contributed by atoms with Gasteiger partial charge in [-0.3, -0.25) is 9.59 Å². The van der Waals surface area contributed by atoms with Crippen molar-refractivity contribution in [3.05, 3.63) is 0 Å². The van der Waals surface area contributed by atoms with E-state index in [2.05, 4.69) is 4.74 Å². The van der Waals surface area contributed by atoms with E-state index in [9.17, 15) is 18.0 Å². The minimum Gasteiger partial charge on any atom is -0.469 e. The molecule has 1 unspecified atom stereocenters. The Labute approximate surface area is 126 Å². The van der Waals surface area contributed by atoms with Crippen LogP contribution in [0.3, 0.4) is 0 Å². The van der Waals surface area contributed by atoms with Crippen molar-refractivity contribution >= 4 is 21.8 Å². The first-order valence-electron chi connectivity index (χ1n) is 6.92. The fraction of sp³-hybridized carbons (Fsp3) is 0.857. The predicted molar refractivity (Wildman–Crippen MR) is 77.4 cm³/mol. The Morgan fingerprint density at radius 2 is 1.76 bits per heavy atom. The zero-order valence-electron chi connectivity index (χ0n) is 13.3. The molecule has 0 amide bonds. The van der Waals surface area contributed by atoms with Gasteiger partial charge in [0.1, 0.15) is 5.60 Å². The molecule has 6 nitrogen and oxygen atoms in total. The molecule has 0 radical (unpaired) electrons. The molecule has 0 saturated heterocycles. The third-order valence-electron chi connectivity index (χ3n) is 3.49. The van der Waals surface area contributed by atoms with E-state index in [1.807, 2.05) is 0 Å². The summed E-state index contributed by atoms with van der Waals surface area (Å²) in [5.74, 6) is -1.36. The van der Waals surface area contributed by atoms with Crippen molar-refractivity contribution in [2.24, 2.45) is 5.41 Å². The topological polar surface area (TPSA) is 86.7 Å². The van der Waals surface area contributed by atoms with Crippen molar-refractivity contribution in [2.75, 3.05) is 12.9 Å². The molecule has 1 aliphatic carbocycles. The largest absolute Gasteiger partial charge is 0.469 e. The normalized spacial score (nSPS) is 18.7. The lowest BCUT2D eigenvalue weighted by molar-refractivity contribution is -0.153. The van der Waals surface area contributed by atoms with Crippen LogP contribution in [0.2, 0.25) is 0 Å². The summed E-state index contributed by atoms with van der Waals surface area (Å²) >= 11 is 0. The second kappa shape index (κ2) is 5.94. The van der Waals surface area contributed by atoms with Gasteiger partial charge in [0.2, 0.25) is 0 Å². The van der Waals surface area contributed by atoms with Gasteiger partial charge in [0.15, 0.2) is 15.1 Å². The van der Waals surface area contributed by atoms with Crippen molar-refractivity contribution < 1.29 is 27.5 Å². The Balaban J connectivity index is 2.73. The Morgan fingerprint density at radius 3 is 2.14 bits per heavy atom. The number of methoxy groups -OCH3 is 1. The van der Waals surface area contributed by atoms with Crippen LogP contribution in [0.4, 0.5) is 0 Å². The SMILES string of the molecule is COC(=O)CC1(CS(=O)(=O)C(C)C(=O)OC(C)(C)C)CC1. The van der Waals surface area contributed by atoms with E-state index in [1.165, 1.54) is 14.0 Å². The molecule has 0 aromatic rings. The van der Waals surface area contributed by atoms with Gasteiger partial charge in [-0.25, -0.2) is 8.42 Å². The van der Waals surface area contributed by atoms with E-state index < -0.39 is 38.0 Å². The maximum atomic E-state index is 12.3. The van der Waals surface area contributed by atoms with Crippen LogP contribution in [0, 0.1) is 5.41 Å². The summed E-state index contributed by atoms with van der Waals surface area (Å²) in [7, 11) is -2.39. The number of hydrogen-bond donors (Lipinski definition) is 0. The van der Waals surface area contributed by atoms with Crippen LogP contribution in [0.5, 0.6) is 0 Å². The second-order valence-corrected chi connectivity index (χ2v) is 9.06. The Hall–Kier alpha value is -1.11. The zero-order valence-corrected chi connectivity index (χ0v) is 14.1. The van der Waals surface area contributed by atoms with Gasteiger partial charge in [-0.2, -0.15) is 0 Å². The standard InChI is InChI=1S/C14H24O6S/c1-10(12(16)20-13(2,3)4)21(17,18)9-14(6-7-14)8-11(15)19-5/h10H,6-9H2,1-5H3. The molecule has 0 aliphatic heterocycles. The summed E-state index contributed by atoms with van der Waals surface area (Å²) in [4.78, 5) is 23.2. The molecule has 122 valence electrons. The van der Waals surface area contributed by atoms with Crippen LogP contribution in [-0.4, -0.2) is 44.1 Å². The average Bonchev–Trinajstić information content (AvgIpc) is 3.04. The van der Waals surface area contributed by atoms with Crippen LogP contribution in [0.25, 0.3) is 0 Å². The van der Waals surface area contributed by atoms with Crippen LogP contribution in [0.15, 0.2) is 0 Å². The van der Waals surface area contributed by atoms with Gasteiger partial charge in [0, 0.05) is 0 Å². The fourth-order valence-electron chi connectivity index (χ4n) is 2.01. The molecule has 0 bridgehead atoms. The Bertz CT molecular complexity index is 510. The highest BCUT2D eigenvalue weighted by atomic mass is 32.2. The minimum absolute atomic E-state index is 0.0732. The molecule has 0 N–H and O–H groups in total. The molecule has 0 heterocycles. The third-order valence-corrected chi connectivity index (χ3v) is 5.77. The van der Waals surface area contributed by atoms with Crippen LogP contribution >= 0.6 is 0 Å². The van der Waals surface area contributed by atoms with E-state index in [4.69, 9.17) is 4.74 Å². The molecule has 7 heteroatoms. The molecule has 0 aromatic carbocycles. The van der Waals surface area contributed by atoms with E-state index in [0.717, 1.165) is 0 Å². The maximum Gasteiger partial charge on any atom is 0.324 e. The van der Waals surface area contributed by atoms with Crippen LogP contribution < -0.4 is 0 Å². The number of esters is 2. The van der Waals surface area contributed by atoms with Gasteiger partial charge in [-0.1, -0.05) is 0 Å². The molecular weight excluding hydrogens is 296 g/mol. The highest BCUT2D eigenvalue weighted by Crippen LogP contribution is 2.50. The Kier molecular flexibility index (Phi) is 5.08. The maximum absolute atomic E-state index is 12.3. The summed E-state index contributed by atoms with van der Waals surface area (Å²) < 4.78 is 34.4. The molecule has 1 saturated carbocycles. The summed E-state index contributed by atoms with van der Waals surface area (Å²) in [6.45, 7) is 6.38.